The van der Waals surface area contributed by atoms with Crippen LogP contribution >= 0.6 is 11.8 Å². The van der Waals surface area contributed by atoms with Crippen LogP contribution in [-0.4, -0.2) is 31.7 Å². The Balaban J connectivity index is 2.72. The van der Waals surface area contributed by atoms with Gasteiger partial charge < -0.3 is 14.4 Å². The summed E-state index contributed by atoms with van der Waals surface area (Å²) in [7, 11) is 2.25. The van der Waals surface area contributed by atoms with Crippen LogP contribution in [0.1, 0.15) is 5.56 Å². The van der Waals surface area contributed by atoms with Crippen molar-refractivity contribution < 1.29 is 32.2 Å². The predicted octanol–water partition coefficient (Wildman–Crippen LogP) is 4.10. The van der Waals surface area contributed by atoms with Crippen molar-refractivity contribution in [3.63, 3.8) is 0 Å². The van der Waals surface area contributed by atoms with Crippen molar-refractivity contribution in [1.82, 2.24) is 0 Å². The number of nitrogens with zero attached hydrogens (tertiary/aromatic N) is 1. The summed E-state index contributed by atoms with van der Waals surface area (Å²) in [5.74, 6) is -1.71. The topological polar surface area (TPSA) is 55.8 Å². The molecule has 1 aliphatic rings. The summed E-state index contributed by atoms with van der Waals surface area (Å²) >= 11 is -0.314. The van der Waals surface area contributed by atoms with E-state index in [0.29, 0.717) is 5.56 Å². The number of esters is 2. The van der Waals surface area contributed by atoms with Crippen LogP contribution in [-0.2, 0) is 19.1 Å². The van der Waals surface area contributed by atoms with Crippen molar-refractivity contribution in [1.29, 1.82) is 0 Å². The van der Waals surface area contributed by atoms with E-state index < -0.39 is 17.4 Å². The van der Waals surface area contributed by atoms with Crippen LogP contribution < -0.4 is 4.90 Å². The van der Waals surface area contributed by atoms with Crippen molar-refractivity contribution in [2.24, 2.45) is 0 Å². The van der Waals surface area contributed by atoms with Crippen LogP contribution in [0.15, 0.2) is 58.8 Å². The largest absolute Gasteiger partial charge is 0.465 e. The van der Waals surface area contributed by atoms with Crippen LogP contribution in [0.4, 0.5) is 18.9 Å². The van der Waals surface area contributed by atoms with Gasteiger partial charge in [-0.2, -0.15) is 13.2 Å². The fourth-order valence-corrected chi connectivity index (χ4v) is 3.03. The molecule has 27 heavy (non-hydrogen) atoms. The van der Waals surface area contributed by atoms with Gasteiger partial charge in [0.25, 0.3) is 0 Å². The highest BCUT2D eigenvalue weighted by Crippen LogP contribution is 2.43. The molecule has 0 saturated carbocycles. The Morgan fingerprint density at radius 3 is 2.33 bits per heavy atom. The minimum absolute atomic E-state index is 0.0825. The quantitative estimate of drug-likeness (QED) is 0.561. The average Bonchev–Trinajstić information content (AvgIpc) is 2.83. The molecule has 1 aromatic carbocycles. The van der Waals surface area contributed by atoms with E-state index in [2.05, 4.69) is 0 Å². The molecular formula is C18H16F3NO4S. The lowest BCUT2D eigenvalue weighted by molar-refractivity contribution is -0.139. The van der Waals surface area contributed by atoms with E-state index in [1.807, 2.05) is 0 Å². The van der Waals surface area contributed by atoms with E-state index in [1.54, 1.807) is 6.92 Å². The van der Waals surface area contributed by atoms with Gasteiger partial charge in [-0.15, -0.1) is 0 Å². The first-order valence-electron chi connectivity index (χ1n) is 7.59. The maximum atomic E-state index is 13.0. The fraction of sp³-hybridized carbons (Fsp3) is 0.222. The van der Waals surface area contributed by atoms with Crippen molar-refractivity contribution in [2.45, 2.75) is 17.3 Å². The maximum Gasteiger partial charge on any atom is 0.446 e. The second kappa shape index (κ2) is 8.34. The Labute approximate surface area is 158 Å². The van der Waals surface area contributed by atoms with Crippen LogP contribution in [0.2, 0.25) is 0 Å². The van der Waals surface area contributed by atoms with E-state index in [1.165, 1.54) is 47.5 Å². The number of ether oxygens (including phenoxy) is 2. The molecule has 9 heteroatoms. The number of halogens is 3. The van der Waals surface area contributed by atoms with Crippen molar-refractivity contribution in [3.05, 3.63) is 59.5 Å². The molecule has 0 N–H and O–H groups in total. The van der Waals surface area contributed by atoms with Crippen LogP contribution in [0.5, 0.6) is 0 Å². The number of alkyl halides is 3. The summed E-state index contributed by atoms with van der Waals surface area (Å²) in [5, 5.41) is 0. The molecule has 2 rings (SSSR count). The number of hydrogen-bond donors (Lipinski definition) is 0. The zero-order valence-corrected chi connectivity index (χ0v) is 15.5. The van der Waals surface area contributed by atoms with E-state index in [4.69, 9.17) is 9.47 Å². The summed E-state index contributed by atoms with van der Waals surface area (Å²) in [4.78, 5) is 25.6. The lowest BCUT2D eigenvalue weighted by Gasteiger charge is -2.25. The minimum Gasteiger partial charge on any atom is -0.465 e. The monoisotopic (exact) mass is 399 g/mol. The lowest BCUT2D eigenvalue weighted by atomic mass is 10.1. The zero-order chi connectivity index (χ0) is 20.2. The number of allylic oxidation sites excluding steroid dienone is 2. The summed E-state index contributed by atoms with van der Waals surface area (Å²) in [6, 6.07) is 4.32. The highest BCUT2D eigenvalue weighted by Gasteiger charge is 2.33. The number of hydrogen-bond acceptors (Lipinski definition) is 6. The number of carbonyl (C=O) groups is 2. The van der Waals surface area contributed by atoms with E-state index in [9.17, 15) is 22.8 Å². The third kappa shape index (κ3) is 4.94. The van der Waals surface area contributed by atoms with Gasteiger partial charge in [0.05, 0.1) is 25.5 Å². The second-order valence-corrected chi connectivity index (χ2v) is 6.44. The molecule has 0 atom stereocenters. The Morgan fingerprint density at radius 2 is 1.74 bits per heavy atom. The van der Waals surface area contributed by atoms with Crippen molar-refractivity contribution >= 4 is 29.4 Å². The number of aryl methyl sites for hydroxylation is 1. The Hall–Kier alpha value is -2.68. The Morgan fingerprint density at radius 1 is 1.07 bits per heavy atom. The number of anilines is 1. The Kier molecular flexibility index (Phi) is 6.37. The maximum absolute atomic E-state index is 13.0. The molecule has 5 nitrogen and oxygen atoms in total. The molecule has 0 amide bonds. The second-order valence-electron chi connectivity index (χ2n) is 5.34. The third-order valence-corrected chi connectivity index (χ3v) is 4.29. The van der Waals surface area contributed by atoms with E-state index >= 15 is 0 Å². The first-order valence-corrected chi connectivity index (χ1v) is 8.41. The predicted molar refractivity (Wildman–Crippen MR) is 94.9 cm³/mol. The molecule has 0 radical (unpaired) electrons. The summed E-state index contributed by atoms with van der Waals surface area (Å²) in [6.45, 7) is 1.70. The molecule has 0 aliphatic carbocycles. The van der Waals surface area contributed by atoms with E-state index in [0.717, 1.165) is 14.2 Å². The van der Waals surface area contributed by atoms with E-state index in [-0.39, 0.29) is 33.6 Å². The van der Waals surface area contributed by atoms with Gasteiger partial charge in [-0.05, 0) is 48.5 Å². The summed E-state index contributed by atoms with van der Waals surface area (Å²) < 4.78 is 48.4. The first-order chi connectivity index (χ1) is 12.7. The molecule has 0 unspecified atom stereocenters. The fourth-order valence-electron chi connectivity index (χ4n) is 2.38. The number of methoxy groups -OCH3 is 2. The van der Waals surface area contributed by atoms with Crippen molar-refractivity contribution in [3.8, 4) is 0 Å². The zero-order valence-electron chi connectivity index (χ0n) is 14.7. The molecule has 1 aromatic rings. The van der Waals surface area contributed by atoms with Gasteiger partial charge in [0.2, 0.25) is 0 Å². The number of carbonyl (C=O) groups excluding carboxylic acids is 2. The van der Waals surface area contributed by atoms with Gasteiger partial charge in [0.15, 0.2) is 0 Å². The molecule has 0 bridgehead atoms. The third-order valence-electron chi connectivity index (χ3n) is 3.49. The van der Waals surface area contributed by atoms with Gasteiger partial charge >= 0.3 is 17.4 Å². The first kappa shape index (κ1) is 20.6. The number of benzene rings is 1. The van der Waals surface area contributed by atoms with Crippen LogP contribution in [0.25, 0.3) is 0 Å². The Bertz CT molecular complexity index is 843. The molecule has 0 saturated heterocycles. The average molecular weight is 399 g/mol. The molecule has 0 aromatic heterocycles. The molecule has 0 spiro atoms. The number of rotatable bonds is 4. The highest BCUT2D eigenvalue weighted by molar-refractivity contribution is 8.00. The lowest BCUT2D eigenvalue weighted by Crippen LogP contribution is -2.27. The molecule has 0 fully saturated rings. The van der Waals surface area contributed by atoms with Gasteiger partial charge in [-0.1, -0.05) is 12.1 Å². The van der Waals surface area contributed by atoms with Gasteiger partial charge in [0, 0.05) is 11.1 Å². The van der Waals surface area contributed by atoms with Gasteiger partial charge in [-0.25, -0.2) is 9.59 Å². The van der Waals surface area contributed by atoms with Crippen LogP contribution in [0, 0.1) is 6.92 Å². The minimum atomic E-state index is -4.53. The molecule has 144 valence electrons. The van der Waals surface area contributed by atoms with Crippen molar-refractivity contribution in [2.75, 3.05) is 19.1 Å². The molecular weight excluding hydrogens is 383 g/mol. The summed E-state index contributed by atoms with van der Waals surface area (Å²) in [6.07, 6.45) is 5.68. The normalized spacial score (nSPS) is 14.2. The smallest absolute Gasteiger partial charge is 0.446 e. The van der Waals surface area contributed by atoms with Crippen LogP contribution in [0.3, 0.4) is 0 Å². The SMILES string of the molecule is COC(=O)C1=C(C(=O)OC)N(c2cc(C)ccc2SC(F)(F)F)C=CC=C1. The number of thioether (sulfide) groups is 1. The van der Waals surface area contributed by atoms with Gasteiger partial charge in [-0.3, -0.25) is 0 Å². The molecule has 1 heterocycles. The molecule has 1 aliphatic heterocycles. The standard InChI is InChI=1S/C18H16F3NO4S/c1-11-7-8-14(27-18(19,20)21)13(10-11)22-9-5-4-6-12(16(23)25-2)15(22)17(24)26-3/h4-10H,1-3H3. The summed E-state index contributed by atoms with van der Waals surface area (Å²) in [5.41, 5.74) is -4.16. The highest BCUT2D eigenvalue weighted by atomic mass is 32.2. The van der Waals surface area contributed by atoms with Gasteiger partial charge in [0.1, 0.15) is 5.70 Å².